The molecule has 82 valence electrons. The van der Waals surface area contributed by atoms with Gasteiger partial charge in [0, 0.05) is 6.54 Å². The van der Waals surface area contributed by atoms with E-state index in [-0.39, 0.29) is 24.5 Å². The third-order valence-corrected chi connectivity index (χ3v) is 2.27. The highest BCUT2D eigenvalue weighted by Gasteiger charge is 2.33. The Morgan fingerprint density at radius 2 is 2.21 bits per heavy atom. The SMILES string of the molecule is CC(C)(C)O[C@@H]1C[C@@H](C=O)N(CO)C1. The van der Waals surface area contributed by atoms with Crippen LogP contribution in [-0.4, -0.2) is 47.3 Å². The summed E-state index contributed by atoms with van der Waals surface area (Å²) in [7, 11) is 0. The van der Waals surface area contributed by atoms with Gasteiger partial charge in [-0.1, -0.05) is 0 Å². The summed E-state index contributed by atoms with van der Waals surface area (Å²) in [6.07, 6.45) is 1.61. The Kier molecular flexibility index (Phi) is 3.64. The van der Waals surface area contributed by atoms with Gasteiger partial charge < -0.3 is 14.6 Å². The van der Waals surface area contributed by atoms with Gasteiger partial charge in [0.25, 0.3) is 0 Å². The molecule has 1 heterocycles. The minimum atomic E-state index is -0.191. The number of ether oxygens (including phenoxy) is 1. The zero-order valence-corrected chi connectivity index (χ0v) is 9.06. The van der Waals surface area contributed by atoms with Gasteiger partial charge in [-0.05, 0) is 27.2 Å². The first-order valence-electron chi connectivity index (χ1n) is 4.94. The van der Waals surface area contributed by atoms with E-state index in [2.05, 4.69) is 0 Å². The molecule has 1 saturated heterocycles. The van der Waals surface area contributed by atoms with Crippen molar-refractivity contribution in [2.45, 2.75) is 44.9 Å². The molecule has 0 aliphatic carbocycles. The minimum absolute atomic E-state index is 0.0531. The summed E-state index contributed by atoms with van der Waals surface area (Å²) in [6, 6.07) is -0.188. The topological polar surface area (TPSA) is 49.8 Å². The maximum absolute atomic E-state index is 10.7. The van der Waals surface area contributed by atoms with Crippen LogP contribution in [0.25, 0.3) is 0 Å². The van der Waals surface area contributed by atoms with Crippen molar-refractivity contribution in [1.29, 1.82) is 0 Å². The van der Waals surface area contributed by atoms with Crippen LogP contribution in [-0.2, 0) is 9.53 Å². The lowest BCUT2D eigenvalue weighted by Crippen LogP contribution is -2.32. The highest BCUT2D eigenvalue weighted by molar-refractivity contribution is 5.58. The second kappa shape index (κ2) is 4.38. The molecule has 1 N–H and O–H groups in total. The molecule has 0 radical (unpaired) electrons. The summed E-state index contributed by atoms with van der Waals surface area (Å²) in [5, 5.41) is 9.00. The Balaban J connectivity index is 2.49. The van der Waals surface area contributed by atoms with Crippen LogP contribution in [0.4, 0.5) is 0 Å². The minimum Gasteiger partial charge on any atom is -0.381 e. The summed E-state index contributed by atoms with van der Waals surface area (Å²) in [4.78, 5) is 12.4. The molecule has 0 aromatic carbocycles. The lowest BCUT2D eigenvalue weighted by Gasteiger charge is -2.24. The number of hydrogen-bond acceptors (Lipinski definition) is 4. The molecule has 14 heavy (non-hydrogen) atoms. The standard InChI is InChI=1S/C10H19NO3/c1-10(2,3)14-9-4-8(6-12)11(5-9)7-13/h6,8-9,13H,4-5,7H2,1-3H3/t8-,9+/m0/s1. The highest BCUT2D eigenvalue weighted by Crippen LogP contribution is 2.22. The number of rotatable bonds is 3. The van der Waals surface area contributed by atoms with E-state index in [9.17, 15) is 4.79 Å². The van der Waals surface area contributed by atoms with Gasteiger partial charge in [0.2, 0.25) is 0 Å². The van der Waals surface area contributed by atoms with E-state index in [4.69, 9.17) is 9.84 Å². The first kappa shape index (κ1) is 11.6. The average molecular weight is 201 g/mol. The second-order valence-corrected chi connectivity index (χ2v) is 4.70. The van der Waals surface area contributed by atoms with Crippen LogP contribution in [0.3, 0.4) is 0 Å². The fourth-order valence-electron chi connectivity index (χ4n) is 1.78. The predicted octanol–water partition coefficient (Wildman–Crippen LogP) is 0.393. The quantitative estimate of drug-likeness (QED) is 0.671. The molecule has 0 bridgehead atoms. The fraction of sp³-hybridized carbons (Fsp3) is 0.900. The number of aldehydes is 1. The lowest BCUT2D eigenvalue weighted by molar-refractivity contribution is -0.112. The molecule has 0 spiro atoms. The van der Waals surface area contributed by atoms with Crippen molar-refractivity contribution in [3.8, 4) is 0 Å². The van der Waals surface area contributed by atoms with E-state index >= 15 is 0 Å². The van der Waals surface area contributed by atoms with Gasteiger partial charge in [-0.25, -0.2) is 0 Å². The number of carbonyl (C=O) groups is 1. The van der Waals surface area contributed by atoms with Crippen LogP contribution in [0.1, 0.15) is 27.2 Å². The van der Waals surface area contributed by atoms with Gasteiger partial charge >= 0.3 is 0 Å². The third-order valence-electron chi connectivity index (χ3n) is 2.27. The molecule has 0 unspecified atom stereocenters. The Labute approximate surface area is 84.8 Å². The summed E-state index contributed by atoms with van der Waals surface area (Å²) < 4.78 is 5.75. The zero-order valence-electron chi connectivity index (χ0n) is 9.06. The van der Waals surface area contributed by atoms with Crippen molar-refractivity contribution in [2.75, 3.05) is 13.3 Å². The summed E-state index contributed by atoms with van der Waals surface area (Å²) in [5.74, 6) is 0. The lowest BCUT2D eigenvalue weighted by atomic mass is 10.1. The number of aliphatic hydroxyl groups excluding tert-OH is 1. The van der Waals surface area contributed by atoms with Crippen molar-refractivity contribution in [3.63, 3.8) is 0 Å². The molecular formula is C10H19NO3. The largest absolute Gasteiger partial charge is 0.381 e. The fourth-order valence-corrected chi connectivity index (χ4v) is 1.78. The van der Waals surface area contributed by atoms with Crippen molar-refractivity contribution in [3.05, 3.63) is 0 Å². The molecule has 4 nitrogen and oxygen atoms in total. The van der Waals surface area contributed by atoms with Crippen molar-refractivity contribution in [2.24, 2.45) is 0 Å². The molecular weight excluding hydrogens is 182 g/mol. The number of aliphatic hydroxyl groups is 1. The Morgan fingerprint density at radius 3 is 2.57 bits per heavy atom. The summed E-state index contributed by atoms with van der Waals surface area (Å²) in [6.45, 7) is 6.53. The van der Waals surface area contributed by atoms with E-state index in [0.717, 1.165) is 6.29 Å². The van der Waals surface area contributed by atoms with Crippen LogP contribution in [0, 0.1) is 0 Å². The molecule has 1 aliphatic heterocycles. The van der Waals surface area contributed by atoms with Gasteiger partial charge in [0.05, 0.1) is 24.5 Å². The van der Waals surface area contributed by atoms with Crippen molar-refractivity contribution >= 4 is 6.29 Å². The first-order valence-corrected chi connectivity index (χ1v) is 4.94. The van der Waals surface area contributed by atoms with Crippen LogP contribution >= 0.6 is 0 Å². The normalized spacial score (nSPS) is 29.4. The first-order chi connectivity index (χ1) is 6.46. The highest BCUT2D eigenvalue weighted by atomic mass is 16.5. The Bertz CT molecular complexity index is 200. The van der Waals surface area contributed by atoms with E-state index < -0.39 is 0 Å². The molecule has 1 aliphatic rings. The molecule has 0 aromatic heterocycles. The van der Waals surface area contributed by atoms with Crippen molar-refractivity contribution < 1.29 is 14.6 Å². The third kappa shape index (κ3) is 3.04. The van der Waals surface area contributed by atoms with Gasteiger partial charge in [-0.3, -0.25) is 4.90 Å². The molecule has 2 atom stereocenters. The number of carbonyl (C=O) groups excluding carboxylic acids is 1. The monoisotopic (exact) mass is 201 g/mol. The number of nitrogens with zero attached hydrogens (tertiary/aromatic N) is 1. The van der Waals surface area contributed by atoms with E-state index in [0.29, 0.717) is 13.0 Å². The maximum atomic E-state index is 10.7. The van der Waals surface area contributed by atoms with Gasteiger partial charge in [-0.2, -0.15) is 0 Å². The molecule has 0 aromatic rings. The maximum Gasteiger partial charge on any atom is 0.137 e. The number of hydrogen-bond donors (Lipinski definition) is 1. The van der Waals surface area contributed by atoms with Crippen molar-refractivity contribution in [1.82, 2.24) is 4.90 Å². The van der Waals surface area contributed by atoms with Crippen LogP contribution < -0.4 is 0 Å². The number of likely N-dealkylation sites (tertiary alicyclic amines) is 1. The molecule has 1 fully saturated rings. The smallest absolute Gasteiger partial charge is 0.137 e. The van der Waals surface area contributed by atoms with Crippen LogP contribution in [0.15, 0.2) is 0 Å². The van der Waals surface area contributed by atoms with Gasteiger partial charge in [-0.15, -0.1) is 0 Å². The molecule has 4 heteroatoms. The Morgan fingerprint density at radius 1 is 1.57 bits per heavy atom. The molecule has 1 rings (SSSR count). The molecule has 0 amide bonds. The average Bonchev–Trinajstić information content (AvgIpc) is 2.43. The van der Waals surface area contributed by atoms with Crippen LogP contribution in [0.5, 0.6) is 0 Å². The second-order valence-electron chi connectivity index (χ2n) is 4.70. The zero-order chi connectivity index (χ0) is 10.8. The van der Waals surface area contributed by atoms with E-state index in [1.807, 2.05) is 20.8 Å². The van der Waals surface area contributed by atoms with E-state index in [1.54, 1.807) is 4.90 Å². The summed E-state index contributed by atoms with van der Waals surface area (Å²) >= 11 is 0. The van der Waals surface area contributed by atoms with Crippen LogP contribution in [0.2, 0.25) is 0 Å². The Hall–Kier alpha value is -0.450. The van der Waals surface area contributed by atoms with Gasteiger partial charge in [0.15, 0.2) is 0 Å². The molecule has 0 saturated carbocycles. The predicted molar refractivity (Wildman–Crippen MR) is 52.9 cm³/mol. The van der Waals surface area contributed by atoms with Gasteiger partial charge in [0.1, 0.15) is 6.29 Å². The van der Waals surface area contributed by atoms with E-state index in [1.165, 1.54) is 0 Å². The summed E-state index contributed by atoms with van der Waals surface area (Å²) in [5.41, 5.74) is -0.191.